The average Bonchev–Trinajstić information content (AvgIpc) is 2.97. The van der Waals surface area contributed by atoms with E-state index < -0.39 is 0 Å². The van der Waals surface area contributed by atoms with Gasteiger partial charge in [-0.1, -0.05) is 29.9 Å². The van der Waals surface area contributed by atoms with E-state index in [2.05, 4.69) is 16.2 Å². The maximum atomic E-state index is 12.5. The minimum atomic E-state index is -0.109. The van der Waals surface area contributed by atoms with Gasteiger partial charge in [0.25, 0.3) is 5.91 Å². The number of hydrogen-bond donors (Lipinski definition) is 1. The summed E-state index contributed by atoms with van der Waals surface area (Å²) in [6, 6.07) is 3.37. The van der Waals surface area contributed by atoms with E-state index >= 15 is 0 Å². The Balaban J connectivity index is 1.76. The van der Waals surface area contributed by atoms with Crippen LogP contribution in [0.2, 0.25) is 0 Å². The van der Waals surface area contributed by atoms with E-state index in [-0.39, 0.29) is 11.8 Å². The number of carbonyl (C=O) groups is 1. The van der Waals surface area contributed by atoms with Gasteiger partial charge in [-0.25, -0.2) is 4.98 Å². The van der Waals surface area contributed by atoms with Crippen molar-refractivity contribution in [1.82, 2.24) is 19.7 Å². The Labute approximate surface area is 170 Å². The van der Waals surface area contributed by atoms with Gasteiger partial charge in [-0.3, -0.25) is 4.79 Å². The van der Waals surface area contributed by atoms with Gasteiger partial charge in [0.15, 0.2) is 5.82 Å². The summed E-state index contributed by atoms with van der Waals surface area (Å²) >= 11 is 0. The van der Waals surface area contributed by atoms with Crippen LogP contribution in [0.1, 0.15) is 35.7 Å². The van der Waals surface area contributed by atoms with E-state index in [1.165, 1.54) is 16.5 Å². The van der Waals surface area contributed by atoms with Crippen molar-refractivity contribution >= 4 is 11.5 Å². The fraction of sp³-hybridized carbons (Fsp3) is 0.318. The zero-order valence-corrected chi connectivity index (χ0v) is 17.0. The minimum absolute atomic E-state index is 0.0173. The fourth-order valence-electron chi connectivity index (χ4n) is 3.05. The molecule has 152 valence electrons. The molecule has 0 atom stereocenters. The van der Waals surface area contributed by atoms with Gasteiger partial charge in [0, 0.05) is 33.5 Å². The van der Waals surface area contributed by atoms with Crippen molar-refractivity contribution in [2.75, 3.05) is 27.3 Å². The third-order valence-corrected chi connectivity index (χ3v) is 4.76. The van der Waals surface area contributed by atoms with Crippen LogP contribution < -0.4 is 0 Å². The molecule has 0 spiro atoms. The number of aromatic hydroxyl groups is 1. The van der Waals surface area contributed by atoms with Crippen molar-refractivity contribution in [3.8, 4) is 11.7 Å². The number of carbonyl (C=O) groups excluding carboxylic acids is 1. The van der Waals surface area contributed by atoms with Crippen LogP contribution >= 0.6 is 0 Å². The zero-order chi connectivity index (χ0) is 20.8. The number of rotatable bonds is 7. The largest absolute Gasteiger partial charge is 0.493 e. The highest BCUT2D eigenvalue weighted by Crippen LogP contribution is 2.29. The van der Waals surface area contributed by atoms with Crippen LogP contribution in [0.5, 0.6) is 5.88 Å². The molecule has 0 fully saturated rings. The molecule has 0 aliphatic heterocycles. The molecule has 2 aromatic rings. The van der Waals surface area contributed by atoms with Gasteiger partial charge in [0.05, 0.1) is 17.3 Å². The van der Waals surface area contributed by atoms with Gasteiger partial charge in [0.1, 0.15) is 0 Å². The van der Waals surface area contributed by atoms with Gasteiger partial charge in [0.2, 0.25) is 5.88 Å². The summed E-state index contributed by atoms with van der Waals surface area (Å²) in [4.78, 5) is 18.4. The number of pyridine rings is 1. The minimum Gasteiger partial charge on any atom is -0.493 e. The van der Waals surface area contributed by atoms with Gasteiger partial charge in [-0.15, -0.1) is 0 Å². The second kappa shape index (κ2) is 9.34. The predicted molar refractivity (Wildman–Crippen MR) is 112 cm³/mol. The van der Waals surface area contributed by atoms with Crippen LogP contribution in [0.25, 0.3) is 11.4 Å². The van der Waals surface area contributed by atoms with Crippen molar-refractivity contribution in [2.24, 2.45) is 0 Å². The molecule has 3 rings (SSSR count). The first-order valence-corrected chi connectivity index (χ1v) is 9.54. The molecule has 0 bridgehead atoms. The van der Waals surface area contributed by atoms with Crippen LogP contribution in [0.4, 0.5) is 0 Å². The Hall–Kier alpha value is -3.19. The van der Waals surface area contributed by atoms with Crippen LogP contribution in [-0.2, 0) is 4.74 Å². The third kappa shape index (κ3) is 4.81. The van der Waals surface area contributed by atoms with Crippen LogP contribution in [-0.4, -0.2) is 58.0 Å². The quantitative estimate of drug-likeness (QED) is 0.728. The molecule has 1 N–H and O–H groups in total. The Bertz CT molecular complexity index is 955. The van der Waals surface area contributed by atoms with Crippen LogP contribution in [0, 0.1) is 0 Å². The van der Waals surface area contributed by atoms with E-state index in [0.29, 0.717) is 30.1 Å². The molecule has 0 radical (unpaired) electrons. The topological polar surface area (TPSA) is 80.5 Å². The second-order valence-electron chi connectivity index (χ2n) is 6.95. The van der Waals surface area contributed by atoms with Crippen molar-refractivity contribution in [2.45, 2.75) is 19.8 Å². The van der Waals surface area contributed by atoms with Crippen LogP contribution in [0.15, 0.2) is 54.4 Å². The maximum Gasteiger partial charge on any atom is 0.255 e. The molecule has 2 heterocycles. The Morgan fingerprint density at radius 1 is 1.28 bits per heavy atom. The lowest BCUT2D eigenvalue weighted by atomic mass is 10.1. The van der Waals surface area contributed by atoms with E-state index in [9.17, 15) is 9.90 Å². The molecule has 2 aromatic heterocycles. The smallest absolute Gasteiger partial charge is 0.255 e. The van der Waals surface area contributed by atoms with Crippen LogP contribution in [0.3, 0.4) is 0 Å². The molecule has 7 heteroatoms. The molecule has 1 amide bonds. The lowest BCUT2D eigenvalue weighted by Crippen LogP contribution is -2.28. The molecule has 29 heavy (non-hydrogen) atoms. The molecular weight excluding hydrogens is 368 g/mol. The monoisotopic (exact) mass is 394 g/mol. The maximum absolute atomic E-state index is 12.5. The Morgan fingerprint density at radius 2 is 2.10 bits per heavy atom. The lowest BCUT2D eigenvalue weighted by Gasteiger charge is -2.16. The number of methoxy groups -OCH3 is 1. The number of amides is 1. The second-order valence-corrected chi connectivity index (χ2v) is 6.95. The molecule has 1 aliphatic rings. The molecule has 7 nitrogen and oxygen atoms in total. The standard InChI is InChI=1S/C22H26N4O3/c1-16-6-4-7-17(9-8-16)19-15-24-26(22(19)28)20-11-10-18(14-23-20)21(27)25(2)12-5-13-29-3/h6-11,14-15,28H,4-5,12-13H2,1-3H3. The summed E-state index contributed by atoms with van der Waals surface area (Å²) in [5, 5.41) is 14.9. The highest BCUT2D eigenvalue weighted by molar-refractivity contribution is 5.93. The summed E-state index contributed by atoms with van der Waals surface area (Å²) in [6.45, 7) is 3.25. The molecule has 0 aromatic carbocycles. The first-order chi connectivity index (χ1) is 14.0. The predicted octanol–water partition coefficient (Wildman–Crippen LogP) is 3.37. The first-order valence-electron chi connectivity index (χ1n) is 9.54. The Morgan fingerprint density at radius 3 is 2.83 bits per heavy atom. The summed E-state index contributed by atoms with van der Waals surface area (Å²) in [7, 11) is 3.39. The number of ether oxygens (including phenoxy) is 1. The number of aromatic nitrogens is 3. The van der Waals surface area contributed by atoms with Gasteiger partial charge in [-0.05, 0) is 37.5 Å². The third-order valence-electron chi connectivity index (χ3n) is 4.76. The highest BCUT2D eigenvalue weighted by atomic mass is 16.5. The van der Waals surface area contributed by atoms with Gasteiger partial charge >= 0.3 is 0 Å². The van der Waals surface area contributed by atoms with Gasteiger partial charge < -0.3 is 14.7 Å². The van der Waals surface area contributed by atoms with E-state index in [0.717, 1.165) is 18.4 Å². The summed E-state index contributed by atoms with van der Waals surface area (Å²) < 4.78 is 6.38. The Kier molecular flexibility index (Phi) is 6.61. The normalized spacial score (nSPS) is 13.6. The molecule has 0 saturated carbocycles. The molecular formula is C22H26N4O3. The SMILES string of the molecule is COCCCN(C)C(=O)c1ccc(-n2ncc(C3=CCC=C(C)C=C3)c2O)nc1. The molecule has 0 saturated heterocycles. The number of allylic oxidation sites excluding steroid dienone is 6. The summed E-state index contributed by atoms with van der Waals surface area (Å²) in [6.07, 6.45) is 12.8. The van der Waals surface area contributed by atoms with Crippen molar-refractivity contribution in [1.29, 1.82) is 0 Å². The summed E-state index contributed by atoms with van der Waals surface area (Å²) in [5.74, 6) is 0.353. The zero-order valence-electron chi connectivity index (χ0n) is 17.0. The molecule has 0 unspecified atom stereocenters. The highest BCUT2D eigenvalue weighted by Gasteiger charge is 2.16. The fourth-order valence-corrected chi connectivity index (χ4v) is 3.05. The van der Waals surface area contributed by atoms with E-state index in [1.54, 1.807) is 37.4 Å². The lowest BCUT2D eigenvalue weighted by molar-refractivity contribution is 0.0779. The van der Waals surface area contributed by atoms with E-state index in [4.69, 9.17) is 4.74 Å². The summed E-state index contributed by atoms with van der Waals surface area (Å²) in [5.41, 5.74) is 3.21. The first kappa shape index (κ1) is 20.5. The number of hydrogen-bond acceptors (Lipinski definition) is 5. The van der Waals surface area contributed by atoms with Gasteiger partial charge in [-0.2, -0.15) is 9.78 Å². The molecule has 1 aliphatic carbocycles. The van der Waals surface area contributed by atoms with E-state index in [1.807, 2.05) is 25.2 Å². The van der Waals surface area contributed by atoms with Crippen molar-refractivity contribution in [3.63, 3.8) is 0 Å². The van der Waals surface area contributed by atoms with Crippen molar-refractivity contribution in [3.05, 3.63) is 65.5 Å². The van der Waals surface area contributed by atoms with Crippen molar-refractivity contribution < 1.29 is 14.6 Å². The average molecular weight is 394 g/mol. The number of nitrogens with zero attached hydrogens (tertiary/aromatic N) is 4.